The Hall–Kier alpha value is -0.0900. The van der Waals surface area contributed by atoms with Crippen LogP contribution in [0.25, 0.3) is 0 Å². The molecule has 0 radical (unpaired) electrons. The molecule has 15 heavy (non-hydrogen) atoms. The van der Waals surface area contributed by atoms with Crippen molar-refractivity contribution >= 4 is 22.9 Å². The van der Waals surface area contributed by atoms with Crippen LogP contribution in [-0.4, -0.2) is 17.8 Å². The molecule has 1 heterocycles. The molecule has 0 bridgehead atoms. The van der Waals surface area contributed by atoms with E-state index in [1.807, 2.05) is 13.0 Å². The van der Waals surface area contributed by atoms with Gasteiger partial charge in [0.2, 0.25) is 0 Å². The van der Waals surface area contributed by atoms with Crippen molar-refractivity contribution in [2.45, 2.75) is 32.9 Å². The molecule has 0 amide bonds. The highest BCUT2D eigenvalue weighted by atomic mass is 35.5. The molecule has 2 nitrogen and oxygen atoms in total. The van der Waals surface area contributed by atoms with E-state index in [4.69, 9.17) is 16.7 Å². The van der Waals surface area contributed by atoms with Crippen molar-refractivity contribution in [3.8, 4) is 0 Å². The van der Waals surface area contributed by atoms with Gasteiger partial charge in [-0.25, -0.2) is 0 Å². The molecule has 1 aromatic heterocycles. The number of hydrogen-bond acceptors (Lipinski definition) is 3. The predicted molar refractivity (Wildman–Crippen MR) is 66.6 cm³/mol. The SMILES string of the molecule is CC(NC(C)C(C)CO)c1csc(Cl)c1. The van der Waals surface area contributed by atoms with E-state index in [0.717, 1.165) is 4.34 Å². The van der Waals surface area contributed by atoms with E-state index in [2.05, 4.69) is 24.5 Å². The zero-order valence-corrected chi connectivity index (χ0v) is 10.9. The van der Waals surface area contributed by atoms with Crippen LogP contribution in [0.5, 0.6) is 0 Å². The number of thiophene rings is 1. The molecular formula is C11H18ClNOS. The van der Waals surface area contributed by atoms with Crippen LogP contribution in [0.4, 0.5) is 0 Å². The molecule has 0 aliphatic heterocycles. The fourth-order valence-electron chi connectivity index (χ4n) is 1.36. The second-order valence-corrected chi connectivity index (χ2v) is 5.56. The Morgan fingerprint density at radius 2 is 2.13 bits per heavy atom. The van der Waals surface area contributed by atoms with Crippen LogP contribution in [-0.2, 0) is 0 Å². The van der Waals surface area contributed by atoms with Crippen LogP contribution in [0.1, 0.15) is 32.4 Å². The molecule has 1 aromatic rings. The third-order valence-electron chi connectivity index (χ3n) is 2.74. The summed E-state index contributed by atoms with van der Waals surface area (Å²) in [7, 11) is 0. The highest BCUT2D eigenvalue weighted by Crippen LogP contribution is 2.25. The zero-order valence-electron chi connectivity index (χ0n) is 9.33. The van der Waals surface area contributed by atoms with Crippen molar-refractivity contribution in [1.29, 1.82) is 0 Å². The minimum absolute atomic E-state index is 0.214. The highest BCUT2D eigenvalue weighted by molar-refractivity contribution is 7.14. The Morgan fingerprint density at radius 3 is 2.60 bits per heavy atom. The van der Waals surface area contributed by atoms with Crippen LogP contribution in [0.15, 0.2) is 11.4 Å². The quantitative estimate of drug-likeness (QED) is 0.838. The minimum Gasteiger partial charge on any atom is -0.396 e. The van der Waals surface area contributed by atoms with Crippen molar-refractivity contribution in [1.82, 2.24) is 5.32 Å². The average molecular weight is 248 g/mol. The van der Waals surface area contributed by atoms with Crippen LogP contribution < -0.4 is 5.32 Å². The molecule has 0 aliphatic rings. The lowest BCUT2D eigenvalue weighted by Gasteiger charge is -2.23. The molecule has 0 aliphatic carbocycles. The van der Waals surface area contributed by atoms with E-state index < -0.39 is 0 Å². The Labute approximate surface area is 100 Å². The van der Waals surface area contributed by atoms with Gasteiger partial charge in [0.1, 0.15) is 0 Å². The topological polar surface area (TPSA) is 32.3 Å². The number of aliphatic hydroxyl groups excluding tert-OH is 1. The zero-order chi connectivity index (χ0) is 11.4. The van der Waals surface area contributed by atoms with Crippen molar-refractivity contribution in [3.05, 3.63) is 21.3 Å². The maximum Gasteiger partial charge on any atom is 0.0931 e. The third kappa shape index (κ3) is 3.76. The lowest BCUT2D eigenvalue weighted by atomic mass is 10.0. The highest BCUT2D eigenvalue weighted by Gasteiger charge is 2.15. The standard InChI is InChI=1S/C11H18ClNOS/c1-7(5-14)8(2)13-9(3)10-4-11(12)15-6-10/h4,6-9,13-14H,5H2,1-3H3. The van der Waals surface area contributed by atoms with Crippen LogP contribution >= 0.6 is 22.9 Å². The Balaban J connectivity index is 2.52. The Morgan fingerprint density at radius 1 is 1.47 bits per heavy atom. The second-order valence-electron chi connectivity index (χ2n) is 4.02. The molecular weight excluding hydrogens is 230 g/mol. The summed E-state index contributed by atoms with van der Waals surface area (Å²) in [5.74, 6) is 0.265. The van der Waals surface area contributed by atoms with Crippen molar-refractivity contribution in [2.75, 3.05) is 6.61 Å². The van der Waals surface area contributed by atoms with E-state index in [1.165, 1.54) is 5.56 Å². The van der Waals surface area contributed by atoms with Crippen molar-refractivity contribution in [3.63, 3.8) is 0 Å². The molecule has 3 unspecified atom stereocenters. The Kier molecular flexibility index (Phi) is 5.06. The van der Waals surface area contributed by atoms with E-state index in [0.29, 0.717) is 6.04 Å². The number of aliphatic hydroxyl groups is 1. The van der Waals surface area contributed by atoms with Crippen molar-refractivity contribution < 1.29 is 5.11 Å². The van der Waals surface area contributed by atoms with Gasteiger partial charge in [-0.1, -0.05) is 18.5 Å². The molecule has 0 fully saturated rings. The lowest BCUT2D eigenvalue weighted by molar-refractivity contribution is 0.202. The van der Waals surface area contributed by atoms with Gasteiger partial charge in [0, 0.05) is 18.7 Å². The normalized spacial score (nSPS) is 17.4. The maximum atomic E-state index is 9.03. The molecule has 3 atom stereocenters. The van der Waals surface area contributed by atoms with E-state index in [-0.39, 0.29) is 18.6 Å². The molecule has 0 saturated heterocycles. The van der Waals surface area contributed by atoms with Gasteiger partial charge in [-0.3, -0.25) is 0 Å². The fourth-order valence-corrected chi connectivity index (χ4v) is 2.35. The van der Waals surface area contributed by atoms with Gasteiger partial charge in [-0.05, 0) is 36.8 Å². The van der Waals surface area contributed by atoms with Crippen molar-refractivity contribution in [2.24, 2.45) is 5.92 Å². The molecule has 86 valence electrons. The summed E-state index contributed by atoms with van der Waals surface area (Å²) >= 11 is 7.43. The van der Waals surface area contributed by atoms with Crippen LogP contribution in [0.3, 0.4) is 0 Å². The molecule has 4 heteroatoms. The van der Waals surface area contributed by atoms with Gasteiger partial charge < -0.3 is 10.4 Å². The fraction of sp³-hybridized carbons (Fsp3) is 0.636. The van der Waals surface area contributed by atoms with Crippen LogP contribution in [0.2, 0.25) is 4.34 Å². The van der Waals surface area contributed by atoms with Gasteiger partial charge >= 0.3 is 0 Å². The smallest absolute Gasteiger partial charge is 0.0931 e. The lowest BCUT2D eigenvalue weighted by Crippen LogP contribution is -2.35. The minimum atomic E-state index is 0.214. The van der Waals surface area contributed by atoms with Gasteiger partial charge in [0.25, 0.3) is 0 Å². The second kappa shape index (κ2) is 5.85. The average Bonchev–Trinajstić information content (AvgIpc) is 2.63. The largest absolute Gasteiger partial charge is 0.396 e. The molecule has 1 rings (SSSR count). The molecule has 0 aromatic carbocycles. The van der Waals surface area contributed by atoms with Gasteiger partial charge in [-0.15, -0.1) is 11.3 Å². The molecule has 2 N–H and O–H groups in total. The maximum absolute atomic E-state index is 9.03. The summed E-state index contributed by atoms with van der Waals surface area (Å²) in [5, 5.41) is 14.5. The Bertz CT molecular complexity index is 303. The van der Waals surface area contributed by atoms with E-state index >= 15 is 0 Å². The summed E-state index contributed by atoms with van der Waals surface area (Å²) in [5.41, 5.74) is 1.21. The first-order valence-electron chi connectivity index (χ1n) is 5.15. The summed E-state index contributed by atoms with van der Waals surface area (Å²) in [4.78, 5) is 0. The first-order chi connectivity index (χ1) is 7.04. The third-order valence-corrected chi connectivity index (χ3v) is 3.85. The summed E-state index contributed by atoms with van der Waals surface area (Å²) in [6.07, 6.45) is 0. The summed E-state index contributed by atoms with van der Waals surface area (Å²) in [6.45, 7) is 6.45. The summed E-state index contributed by atoms with van der Waals surface area (Å²) < 4.78 is 0.821. The molecule has 0 saturated carbocycles. The number of rotatable bonds is 5. The van der Waals surface area contributed by atoms with Gasteiger partial charge in [0.05, 0.1) is 4.34 Å². The van der Waals surface area contributed by atoms with E-state index in [1.54, 1.807) is 11.3 Å². The molecule has 0 spiro atoms. The number of hydrogen-bond donors (Lipinski definition) is 2. The first kappa shape index (κ1) is 13.0. The number of nitrogens with one attached hydrogen (secondary N) is 1. The van der Waals surface area contributed by atoms with Gasteiger partial charge in [0.15, 0.2) is 0 Å². The summed E-state index contributed by atoms with van der Waals surface area (Å²) in [6, 6.07) is 2.56. The number of halogens is 1. The van der Waals surface area contributed by atoms with Gasteiger partial charge in [-0.2, -0.15) is 0 Å². The monoisotopic (exact) mass is 247 g/mol. The first-order valence-corrected chi connectivity index (χ1v) is 6.41. The van der Waals surface area contributed by atoms with Crippen LogP contribution in [0, 0.1) is 5.92 Å². The predicted octanol–water partition coefficient (Wildman–Crippen LogP) is 3.07. The van der Waals surface area contributed by atoms with E-state index in [9.17, 15) is 0 Å².